The van der Waals surface area contributed by atoms with Crippen molar-refractivity contribution in [3.05, 3.63) is 63.9 Å². The highest BCUT2D eigenvalue weighted by atomic mass is 79.9. The van der Waals surface area contributed by atoms with Crippen LogP contribution in [0.2, 0.25) is 0 Å². The van der Waals surface area contributed by atoms with Crippen molar-refractivity contribution >= 4 is 15.9 Å². The van der Waals surface area contributed by atoms with Crippen LogP contribution >= 0.6 is 15.9 Å². The lowest BCUT2D eigenvalue weighted by Crippen LogP contribution is -2.24. The first-order valence-corrected chi connectivity index (χ1v) is 6.45. The fraction of sp³-hybridized carbons (Fsp3) is 0.214. The highest BCUT2D eigenvalue weighted by Gasteiger charge is 2.24. The number of aromatic nitrogens is 1. The van der Waals surface area contributed by atoms with Gasteiger partial charge in [0.15, 0.2) is 0 Å². The number of halogens is 3. The fourth-order valence-electron chi connectivity index (χ4n) is 1.86. The molecule has 1 unspecified atom stereocenters. The Balaban J connectivity index is 2.27. The van der Waals surface area contributed by atoms with Crippen molar-refractivity contribution in [2.45, 2.75) is 18.9 Å². The van der Waals surface area contributed by atoms with Gasteiger partial charge >= 0.3 is 0 Å². The van der Waals surface area contributed by atoms with Crippen LogP contribution in [0.4, 0.5) is 8.78 Å². The number of hydrogen-bond donors (Lipinski definition) is 1. The topological polar surface area (TPSA) is 33.1 Å². The summed E-state index contributed by atoms with van der Waals surface area (Å²) in [5.41, 5.74) is -0.151. The summed E-state index contributed by atoms with van der Waals surface area (Å²) in [7, 11) is 0. The molecule has 0 saturated heterocycles. The fourth-order valence-corrected chi connectivity index (χ4v) is 2.28. The molecule has 1 aromatic carbocycles. The molecular formula is C14H12BrF2NO. The lowest BCUT2D eigenvalue weighted by atomic mass is 9.90. The highest BCUT2D eigenvalue weighted by molar-refractivity contribution is 9.10. The number of rotatable bonds is 3. The molecule has 0 spiro atoms. The smallest absolute Gasteiger partial charge is 0.141 e. The molecule has 0 amide bonds. The van der Waals surface area contributed by atoms with E-state index in [1.807, 2.05) is 0 Å². The van der Waals surface area contributed by atoms with Crippen molar-refractivity contribution in [3.63, 3.8) is 0 Å². The Bertz CT molecular complexity index is 602. The Kier molecular flexibility index (Phi) is 3.96. The van der Waals surface area contributed by atoms with Crippen molar-refractivity contribution in [1.29, 1.82) is 0 Å². The van der Waals surface area contributed by atoms with Crippen molar-refractivity contribution in [1.82, 2.24) is 4.98 Å². The third-order valence-electron chi connectivity index (χ3n) is 2.86. The quantitative estimate of drug-likeness (QED) is 0.934. The first-order chi connectivity index (χ1) is 8.88. The molecule has 1 atom stereocenters. The lowest BCUT2D eigenvalue weighted by Gasteiger charge is -2.23. The molecular weight excluding hydrogens is 316 g/mol. The average Bonchev–Trinajstić information content (AvgIpc) is 2.33. The largest absolute Gasteiger partial charge is 0.385 e. The van der Waals surface area contributed by atoms with Gasteiger partial charge in [-0.15, -0.1) is 0 Å². The third-order valence-corrected chi connectivity index (χ3v) is 3.47. The summed E-state index contributed by atoms with van der Waals surface area (Å²) in [4.78, 5) is 3.72. The van der Waals surface area contributed by atoms with Crippen LogP contribution in [-0.2, 0) is 12.0 Å². The van der Waals surface area contributed by atoms with E-state index >= 15 is 0 Å². The standard InChI is InChI=1S/C14H12BrF2NO/c1-14(19,10-5-11(16)8-18-7-10)6-9-2-3-13(17)12(15)4-9/h2-5,7-8,19H,6H2,1H3. The molecule has 0 aliphatic heterocycles. The van der Waals surface area contributed by atoms with E-state index in [-0.39, 0.29) is 12.2 Å². The molecule has 2 rings (SSSR count). The van der Waals surface area contributed by atoms with Crippen LogP contribution in [-0.4, -0.2) is 10.1 Å². The minimum absolute atomic E-state index is 0.233. The number of pyridine rings is 1. The van der Waals surface area contributed by atoms with Crippen LogP contribution in [0.1, 0.15) is 18.1 Å². The lowest BCUT2D eigenvalue weighted by molar-refractivity contribution is 0.0568. The van der Waals surface area contributed by atoms with E-state index < -0.39 is 11.4 Å². The Morgan fingerprint density at radius 2 is 2.00 bits per heavy atom. The highest BCUT2D eigenvalue weighted by Crippen LogP contribution is 2.27. The summed E-state index contributed by atoms with van der Waals surface area (Å²) in [6, 6.07) is 5.74. The van der Waals surface area contributed by atoms with Gasteiger partial charge in [0, 0.05) is 18.2 Å². The van der Waals surface area contributed by atoms with Crippen LogP contribution in [0.5, 0.6) is 0 Å². The van der Waals surface area contributed by atoms with Crippen LogP contribution in [0.15, 0.2) is 41.1 Å². The van der Waals surface area contributed by atoms with Crippen molar-refractivity contribution < 1.29 is 13.9 Å². The van der Waals surface area contributed by atoms with Crippen LogP contribution in [0.25, 0.3) is 0 Å². The van der Waals surface area contributed by atoms with Gasteiger partial charge in [0.2, 0.25) is 0 Å². The molecule has 0 fully saturated rings. The van der Waals surface area contributed by atoms with Gasteiger partial charge in [0.1, 0.15) is 11.6 Å². The molecule has 2 nitrogen and oxygen atoms in total. The van der Waals surface area contributed by atoms with E-state index in [0.717, 1.165) is 11.8 Å². The number of hydrogen-bond acceptors (Lipinski definition) is 2. The van der Waals surface area contributed by atoms with Gasteiger partial charge in [-0.05, 0) is 46.6 Å². The summed E-state index contributed by atoms with van der Waals surface area (Å²) in [6.45, 7) is 1.57. The monoisotopic (exact) mass is 327 g/mol. The number of nitrogens with zero attached hydrogens (tertiary/aromatic N) is 1. The Morgan fingerprint density at radius 1 is 1.26 bits per heavy atom. The van der Waals surface area contributed by atoms with Gasteiger partial charge in [0.25, 0.3) is 0 Å². The molecule has 0 bridgehead atoms. The Labute approximate surface area is 118 Å². The minimum atomic E-state index is -1.27. The first kappa shape index (κ1) is 14.1. The van der Waals surface area contributed by atoms with Gasteiger partial charge in [-0.1, -0.05) is 6.07 Å². The van der Waals surface area contributed by atoms with Crippen molar-refractivity contribution in [3.8, 4) is 0 Å². The third kappa shape index (κ3) is 3.36. The van der Waals surface area contributed by atoms with Crippen LogP contribution in [0.3, 0.4) is 0 Å². The summed E-state index contributed by atoms with van der Waals surface area (Å²) < 4.78 is 26.6. The molecule has 100 valence electrons. The normalized spacial score (nSPS) is 14.2. The molecule has 0 radical (unpaired) electrons. The van der Waals surface area contributed by atoms with Gasteiger partial charge < -0.3 is 5.11 Å². The molecule has 0 aliphatic carbocycles. The summed E-state index contributed by atoms with van der Waals surface area (Å²) in [6.07, 6.45) is 2.73. The second-order valence-corrected chi connectivity index (χ2v) is 5.45. The van der Waals surface area contributed by atoms with E-state index in [9.17, 15) is 13.9 Å². The molecule has 0 saturated carbocycles. The minimum Gasteiger partial charge on any atom is -0.385 e. The molecule has 1 aromatic heterocycles. The maximum Gasteiger partial charge on any atom is 0.141 e. The van der Waals surface area contributed by atoms with Crippen molar-refractivity contribution in [2.75, 3.05) is 0 Å². The molecule has 2 aromatic rings. The van der Waals surface area contributed by atoms with Gasteiger partial charge in [-0.25, -0.2) is 8.78 Å². The second-order valence-electron chi connectivity index (χ2n) is 4.59. The zero-order chi connectivity index (χ0) is 14.0. The van der Waals surface area contributed by atoms with E-state index in [2.05, 4.69) is 20.9 Å². The predicted molar refractivity (Wildman–Crippen MR) is 71.6 cm³/mol. The summed E-state index contributed by atoms with van der Waals surface area (Å²) >= 11 is 3.09. The SMILES string of the molecule is CC(O)(Cc1ccc(F)c(Br)c1)c1cncc(F)c1. The van der Waals surface area contributed by atoms with Gasteiger partial charge in [0.05, 0.1) is 16.3 Å². The number of aliphatic hydroxyl groups is 1. The van der Waals surface area contributed by atoms with E-state index in [0.29, 0.717) is 10.0 Å². The molecule has 1 N–H and O–H groups in total. The zero-order valence-electron chi connectivity index (χ0n) is 10.2. The first-order valence-electron chi connectivity index (χ1n) is 5.66. The zero-order valence-corrected chi connectivity index (χ0v) is 11.8. The number of benzene rings is 1. The van der Waals surface area contributed by atoms with Gasteiger partial charge in [-0.3, -0.25) is 4.98 Å². The van der Waals surface area contributed by atoms with Crippen molar-refractivity contribution in [2.24, 2.45) is 0 Å². The molecule has 19 heavy (non-hydrogen) atoms. The molecule has 0 aliphatic rings. The molecule has 5 heteroatoms. The predicted octanol–water partition coefficient (Wildman–Crippen LogP) is 3.57. The van der Waals surface area contributed by atoms with E-state index in [1.165, 1.54) is 18.3 Å². The second kappa shape index (κ2) is 5.35. The van der Waals surface area contributed by atoms with E-state index in [4.69, 9.17) is 0 Å². The Hall–Kier alpha value is -1.33. The van der Waals surface area contributed by atoms with Crippen LogP contribution in [0, 0.1) is 11.6 Å². The molecule has 1 heterocycles. The van der Waals surface area contributed by atoms with E-state index in [1.54, 1.807) is 19.1 Å². The maximum absolute atomic E-state index is 13.1. The maximum atomic E-state index is 13.1. The van der Waals surface area contributed by atoms with Crippen LogP contribution < -0.4 is 0 Å². The average molecular weight is 328 g/mol. The van der Waals surface area contributed by atoms with Gasteiger partial charge in [-0.2, -0.15) is 0 Å². The summed E-state index contributed by atoms with van der Waals surface area (Å²) in [5, 5.41) is 10.4. The summed E-state index contributed by atoms with van der Waals surface area (Å²) in [5.74, 6) is -0.867. The Morgan fingerprint density at radius 3 is 2.63 bits per heavy atom.